The fraction of sp³-hybridized carbons (Fsp3) is 0.111. The number of hydrogen-bond donors (Lipinski definition) is 1. The highest BCUT2D eigenvalue weighted by molar-refractivity contribution is 9.10. The Morgan fingerprint density at radius 1 is 1.35 bits per heavy atom. The number of nitrogens with one attached hydrogen (secondary N) is 1. The lowest BCUT2D eigenvalue weighted by molar-refractivity contribution is 0.600. The number of rotatable bonds is 3. The Balaban J connectivity index is 2.35. The molecule has 0 fully saturated rings. The lowest BCUT2D eigenvalue weighted by Crippen LogP contribution is -2.13. The Morgan fingerprint density at radius 2 is 2.06 bits per heavy atom. The molecule has 0 aliphatic heterocycles. The van der Waals surface area contributed by atoms with Crippen molar-refractivity contribution < 1.29 is 8.42 Å². The van der Waals surface area contributed by atoms with Crippen molar-refractivity contribution in [2.24, 2.45) is 0 Å². The van der Waals surface area contributed by atoms with Gasteiger partial charge in [-0.25, -0.2) is 13.4 Å². The Morgan fingerprint density at radius 3 is 2.65 bits per heavy atom. The first-order chi connectivity index (χ1) is 7.99. The molecule has 0 spiro atoms. The summed E-state index contributed by atoms with van der Waals surface area (Å²) in [6.07, 6.45) is 0. The van der Waals surface area contributed by atoms with Gasteiger partial charge in [0.2, 0.25) is 5.13 Å². The fourth-order valence-electron chi connectivity index (χ4n) is 1.17. The molecule has 0 bridgehead atoms. The number of aromatic nitrogens is 2. The largest absolute Gasteiger partial charge is 0.264 e. The maximum absolute atomic E-state index is 12.0. The summed E-state index contributed by atoms with van der Waals surface area (Å²) < 4.78 is 30.9. The lowest BCUT2D eigenvalue weighted by Gasteiger charge is -2.06. The SMILES string of the molecule is Cc1nsc(NS(=O)(=O)c2ccccc2Br)n1. The first-order valence-electron chi connectivity index (χ1n) is 4.57. The van der Waals surface area contributed by atoms with Crippen molar-refractivity contribution in [3.05, 3.63) is 34.6 Å². The number of halogens is 1. The molecule has 1 aromatic carbocycles. The van der Waals surface area contributed by atoms with Crippen LogP contribution >= 0.6 is 27.5 Å². The smallest absolute Gasteiger partial charge is 0.253 e. The third kappa shape index (κ3) is 2.82. The summed E-state index contributed by atoms with van der Waals surface area (Å²) in [5.41, 5.74) is 0. The van der Waals surface area contributed by atoms with Crippen molar-refractivity contribution in [3.8, 4) is 0 Å². The highest BCUT2D eigenvalue weighted by atomic mass is 79.9. The molecule has 2 rings (SSSR count). The van der Waals surface area contributed by atoms with Gasteiger partial charge in [-0.15, -0.1) is 0 Å². The second-order valence-electron chi connectivity index (χ2n) is 3.18. The third-order valence-corrected chi connectivity index (χ3v) is 5.08. The van der Waals surface area contributed by atoms with Gasteiger partial charge in [0.05, 0.1) is 0 Å². The molecule has 0 amide bonds. The van der Waals surface area contributed by atoms with Crippen LogP contribution in [0.4, 0.5) is 5.13 Å². The van der Waals surface area contributed by atoms with Crippen molar-refractivity contribution in [1.29, 1.82) is 0 Å². The number of aryl methyl sites for hydroxylation is 1. The highest BCUT2D eigenvalue weighted by Crippen LogP contribution is 2.24. The lowest BCUT2D eigenvalue weighted by atomic mass is 10.4. The average Bonchev–Trinajstić information content (AvgIpc) is 2.63. The molecule has 90 valence electrons. The van der Waals surface area contributed by atoms with E-state index in [0.29, 0.717) is 10.3 Å². The molecular formula is C9H8BrN3O2S2. The summed E-state index contributed by atoms with van der Waals surface area (Å²) in [4.78, 5) is 4.13. The van der Waals surface area contributed by atoms with Crippen molar-refractivity contribution in [2.45, 2.75) is 11.8 Å². The Kier molecular flexibility index (Phi) is 3.45. The van der Waals surface area contributed by atoms with Crippen LogP contribution in [-0.4, -0.2) is 17.8 Å². The van der Waals surface area contributed by atoms with Crippen LogP contribution in [0.15, 0.2) is 33.6 Å². The van der Waals surface area contributed by atoms with Crippen LogP contribution < -0.4 is 4.72 Å². The zero-order chi connectivity index (χ0) is 12.5. The van der Waals surface area contributed by atoms with Gasteiger partial charge in [0.1, 0.15) is 10.7 Å². The van der Waals surface area contributed by atoms with Gasteiger partial charge in [-0.05, 0) is 35.0 Å². The van der Waals surface area contributed by atoms with E-state index in [1.165, 1.54) is 6.07 Å². The maximum Gasteiger partial charge on any atom is 0.264 e. The Hall–Kier alpha value is -0.990. The van der Waals surface area contributed by atoms with E-state index >= 15 is 0 Å². The molecule has 0 aliphatic rings. The molecule has 1 aromatic heterocycles. The van der Waals surface area contributed by atoms with E-state index in [0.717, 1.165) is 11.5 Å². The molecule has 5 nitrogen and oxygen atoms in total. The van der Waals surface area contributed by atoms with Crippen molar-refractivity contribution >= 4 is 42.6 Å². The van der Waals surface area contributed by atoms with Gasteiger partial charge >= 0.3 is 0 Å². The van der Waals surface area contributed by atoms with Gasteiger partial charge in [-0.3, -0.25) is 4.72 Å². The fourth-order valence-corrected chi connectivity index (χ4v) is 3.97. The summed E-state index contributed by atoms with van der Waals surface area (Å²) in [6, 6.07) is 6.59. The first kappa shape index (κ1) is 12.5. The number of sulfonamides is 1. The summed E-state index contributed by atoms with van der Waals surface area (Å²) in [7, 11) is -3.62. The van der Waals surface area contributed by atoms with Crippen molar-refractivity contribution in [3.63, 3.8) is 0 Å². The third-order valence-electron chi connectivity index (χ3n) is 1.88. The first-order valence-corrected chi connectivity index (χ1v) is 7.61. The van der Waals surface area contributed by atoms with E-state index in [2.05, 4.69) is 30.0 Å². The zero-order valence-electron chi connectivity index (χ0n) is 8.71. The van der Waals surface area contributed by atoms with E-state index in [9.17, 15) is 8.42 Å². The molecule has 0 unspecified atom stereocenters. The van der Waals surface area contributed by atoms with Gasteiger partial charge < -0.3 is 0 Å². The molecule has 0 radical (unpaired) electrons. The molecule has 1 heterocycles. The average molecular weight is 334 g/mol. The molecule has 1 N–H and O–H groups in total. The molecule has 2 aromatic rings. The quantitative estimate of drug-likeness (QED) is 0.936. The second-order valence-corrected chi connectivity index (χ2v) is 6.44. The molecule has 0 saturated heterocycles. The minimum Gasteiger partial charge on any atom is -0.253 e. The van der Waals surface area contributed by atoms with Gasteiger partial charge in [-0.2, -0.15) is 4.37 Å². The van der Waals surface area contributed by atoms with Crippen LogP contribution in [0, 0.1) is 6.92 Å². The summed E-state index contributed by atoms with van der Waals surface area (Å²) in [5.74, 6) is 0.542. The van der Waals surface area contributed by atoms with Crippen LogP contribution in [0.5, 0.6) is 0 Å². The van der Waals surface area contributed by atoms with Crippen LogP contribution in [0.2, 0.25) is 0 Å². The number of hydrogen-bond acceptors (Lipinski definition) is 5. The Labute approximate surface area is 111 Å². The predicted octanol–water partition coefficient (Wildman–Crippen LogP) is 2.41. The van der Waals surface area contributed by atoms with Crippen LogP contribution in [0.25, 0.3) is 0 Å². The van der Waals surface area contributed by atoms with Gasteiger partial charge in [0, 0.05) is 16.0 Å². The zero-order valence-corrected chi connectivity index (χ0v) is 11.9. The van der Waals surface area contributed by atoms with E-state index in [1.807, 2.05) is 0 Å². The summed E-state index contributed by atoms with van der Waals surface area (Å²) in [5, 5.41) is 0.262. The number of benzene rings is 1. The van der Waals surface area contributed by atoms with Gasteiger partial charge in [0.15, 0.2) is 0 Å². The van der Waals surface area contributed by atoms with E-state index in [4.69, 9.17) is 0 Å². The molecule has 17 heavy (non-hydrogen) atoms. The monoisotopic (exact) mass is 333 g/mol. The molecular weight excluding hydrogens is 326 g/mol. The molecule has 0 atom stereocenters. The van der Waals surface area contributed by atoms with Crippen LogP contribution in [-0.2, 0) is 10.0 Å². The number of anilines is 1. The van der Waals surface area contributed by atoms with E-state index in [-0.39, 0.29) is 10.0 Å². The van der Waals surface area contributed by atoms with Crippen LogP contribution in [0.3, 0.4) is 0 Å². The summed E-state index contributed by atoms with van der Waals surface area (Å²) >= 11 is 4.21. The van der Waals surface area contributed by atoms with E-state index < -0.39 is 10.0 Å². The van der Waals surface area contributed by atoms with Gasteiger partial charge in [0.25, 0.3) is 10.0 Å². The Bertz CT molecular complexity index is 639. The maximum atomic E-state index is 12.0. The normalized spacial score (nSPS) is 11.4. The van der Waals surface area contributed by atoms with Crippen LogP contribution in [0.1, 0.15) is 5.82 Å². The molecule has 8 heteroatoms. The molecule has 0 aliphatic carbocycles. The standard InChI is InChI=1S/C9H8BrN3O2S2/c1-6-11-9(16-12-6)13-17(14,15)8-5-3-2-4-7(8)10/h2-5H,1H3,(H,11,12,13). The van der Waals surface area contributed by atoms with E-state index in [1.54, 1.807) is 25.1 Å². The van der Waals surface area contributed by atoms with Gasteiger partial charge in [-0.1, -0.05) is 12.1 Å². The summed E-state index contributed by atoms with van der Waals surface area (Å²) in [6.45, 7) is 1.70. The van der Waals surface area contributed by atoms with Crippen molar-refractivity contribution in [1.82, 2.24) is 9.36 Å². The minimum atomic E-state index is -3.62. The number of nitrogens with zero attached hydrogens (tertiary/aromatic N) is 2. The second kappa shape index (κ2) is 4.71. The topological polar surface area (TPSA) is 72.0 Å². The minimum absolute atomic E-state index is 0.174. The predicted molar refractivity (Wildman–Crippen MR) is 69.6 cm³/mol. The molecule has 0 saturated carbocycles. The highest BCUT2D eigenvalue weighted by Gasteiger charge is 2.18. The van der Waals surface area contributed by atoms with Crippen molar-refractivity contribution in [2.75, 3.05) is 4.72 Å².